The SMILES string of the molecule is O=C(NCC1CCC(Br)C1)c1cccc(O)c1O. The van der Waals surface area contributed by atoms with Gasteiger partial charge in [0.15, 0.2) is 11.5 Å². The van der Waals surface area contributed by atoms with Crippen LogP contribution < -0.4 is 5.32 Å². The minimum absolute atomic E-state index is 0.114. The molecule has 0 bridgehead atoms. The number of aromatic hydroxyl groups is 2. The molecule has 0 radical (unpaired) electrons. The van der Waals surface area contributed by atoms with Gasteiger partial charge in [0.05, 0.1) is 5.56 Å². The molecule has 0 heterocycles. The second-order valence-electron chi connectivity index (χ2n) is 4.66. The van der Waals surface area contributed by atoms with Crippen molar-refractivity contribution in [3.63, 3.8) is 0 Å². The first-order valence-electron chi connectivity index (χ1n) is 6.01. The molecule has 18 heavy (non-hydrogen) atoms. The van der Waals surface area contributed by atoms with Gasteiger partial charge in [0.1, 0.15) is 0 Å². The van der Waals surface area contributed by atoms with Crippen molar-refractivity contribution in [2.45, 2.75) is 24.1 Å². The van der Waals surface area contributed by atoms with Gasteiger partial charge < -0.3 is 15.5 Å². The van der Waals surface area contributed by atoms with Crippen molar-refractivity contribution in [3.05, 3.63) is 23.8 Å². The first-order valence-corrected chi connectivity index (χ1v) is 6.92. The molecule has 0 spiro atoms. The van der Waals surface area contributed by atoms with Crippen LogP contribution in [0.1, 0.15) is 29.6 Å². The van der Waals surface area contributed by atoms with Crippen molar-refractivity contribution in [1.82, 2.24) is 5.32 Å². The van der Waals surface area contributed by atoms with Crippen molar-refractivity contribution in [2.24, 2.45) is 5.92 Å². The molecule has 1 aliphatic carbocycles. The molecule has 3 N–H and O–H groups in total. The number of benzene rings is 1. The summed E-state index contributed by atoms with van der Waals surface area (Å²) in [5.74, 6) is -0.497. The third-order valence-electron chi connectivity index (χ3n) is 3.29. The number of hydrogen-bond donors (Lipinski definition) is 3. The molecule has 1 saturated carbocycles. The van der Waals surface area contributed by atoms with Gasteiger partial charge >= 0.3 is 0 Å². The Morgan fingerprint density at radius 1 is 1.39 bits per heavy atom. The fraction of sp³-hybridized carbons (Fsp3) is 0.462. The number of carbonyl (C=O) groups excluding carboxylic acids is 1. The molecule has 2 rings (SSSR count). The molecule has 0 aliphatic heterocycles. The number of para-hydroxylation sites is 1. The largest absolute Gasteiger partial charge is 0.504 e. The maximum absolute atomic E-state index is 11.9. The second-order valence-corrected chi connectivity index (χ2v) is 5.95. The summed E-state index contributed by atoms with van der Waals surface area (Å²) < 4.78 is 0. The first kappa shape index (κ1) is 13.2. The van der Waals surface area contributed by atoms with Crippen LogP contribution in [-0.4, -0.2) is 27.5 Å². The van der Waals surface area contributed by atoms with E-state index in [0.29, 0.717) is 17.3 Å². The van der Waals surface area contributed by atoms with Crippen LogP contribution in [0.2, 0.25) is 0 Å². The Labute approximate surface area is 114 Å². The van der Waals surface area contributed by atoms with Gasteiger partial charge in [-0.1, -0.05) is 22.0 Å². The minimum atomic E-state index is -0.361. The number of alkyl halides is 1. The van der Waals surface area contributed by atoms with Gasteiger partial charge in [-0.3, -0.25) is 4.79 Å². The monoisotopic (exact) mass is 313 g/mol. The molecule has 0 saturated heterocycles. The van der Waals surface area contributed by atoms with Crippen LogP contribution in [0.4, 0.5) is 0 Å². The number of rotatable bonds is 3. The van der Waals surface area contributed by atoms with E-state index in [1.807, 2.05) is 0 Å². The third kappa shape index (κ3) is 2.96. The van der Waals surface area contributed by atoms with Crippen LogP contribution >= 0.6 is 15.9 Å². The zero-order chi connectivity index (χ0) is 13.1. The van der Waals surface area contributed by atoms with E-state index >= 15 is 0 Å². The Kier molecular flexibility index (Phi) is 4.11. The molecule has 2 atom stereocenters. The van der Waals surface area contributed by atoms with Crippen LogP contribution in [-0.2, 0) is 0 Å². The van der Waals surface area contributed by atoms with E-state index in [0.717, 1.165) is 19.3 Å². The predicted octanol–water partition coefficient (Wildman–Crippen LogP) is 2.39. The molecule has 1 fully saturated rings. The maximum atomic E-state index is 11.9. The van der Waals surface area contributed by atoms with E-state index in [4.69, 9.17) is 0 Å². The molecule has 0 aromatic heterocycles. The number of halogens is 1. The standard InChI is InChI=1S/C13H16BrNO3/c14-9-5-4-8(6-9)7-15-13(18)10-2-1-3-11(16)12(10)17/h1-3,8-9,16-17H,4-7H2,(H,15,18). The van der Waals surface area contributed by atoms with Gasteiger partial charge in [0.2, 0.25) is 0 Å². The van der Waals surface area contributed by atoms with Crippen molar-refractivity contribution in [1.29, 1.82) is 0 Å². The van der Waals surface area contributed by atoms with Crippen molar-refractivity contribution in [2.75, 3.05) is 6.54 Å². The summed E-state index contributed by atoms with van der Waals surface area (Å²) in [4.78, 5) is 12.4. The summed E-state index contributed by atoms with van der Waals surface area (Å²) in [6.07, 6.45) is 3.30. The lowest BCUT2D eigenvalue weighted by molar-refractivity contribution is 0.0944. The molecule has 4 nitrogen and oxygen atoms in total. The molecule has 2 unspecified atom stereocenters. The van der Waals surface area contributed by atoms with E-state index < -0.39 is 0 Å². The lowest BCUT2D eigenvalue weighted by atomic mass is 10.1. The average Bonchev–Trinajstić information content (AvgIpc) is 2.76. The summed E-state index contributed by atoms with van der Waals surface area (Å²) in [7, 11) is 0. The maximum Gasteiger partial charge on any atom is 0.255 e. The average molecular weight is 314 g/mol. The first-order chi connectivity index (χ1) is 8.58. The zero-order valence-electron chi connectivity index (χ0n) is 9.90. The van der Waals surface area contributed by atoms with E-state index in [2.05, 4.69) is 21.2 Å². The summed E-state index contributed by atoms with van der Waals surface area (Å²) in [5.41, 5.74) is 0.114. The zero-order valence-corrected chi connectivity index (χ0v) is 11.5. The van der Waals surface area contributed by atoms with E-state index in [9.17, 15) is 15.0 Å². The molecule has 1 aromatic rings. The highest BCUT2D eigenvalue weighted by Crippen LogP contribution is 2.31. The molecule has 1 aromatic carbocycles. The third-order valence-corrected chi connectivity index (χ3v) is 4.12. The van der Waals surface area contributed by atoms with Gasteiger partial charge in [0, 0.05) is 11.4 Å². The molecule has 1 amide bonds. The Morgan fingerprint density at radius 3 is 2.83 bits per heavy atom. The van der Waals surface area contributed by atoms with Gasteiger partial charge in [-0.25, -0.2) is 0 Å². The topological polar surface area (TPSA) is 69.6 Å². The number of amides is 1. The molecule has 98 valence electrons. The number of phenolic OH excluding ortho intramolecular Hbond substituents is 2. The molecule has 1 aliphatic rings. The number of nitrogens with one attached hydrogen (secondary N) is 1. The Hall–Kier alpha value is -1.23. The summed E-state index contributed by atoms with van der Waals surface area (Å²) in [6, 6.07) is 4.37. The molecular weight excluding hydrogens is 298 g/mol. The van der Waals surface area contributed by atoms with Crippen LogP contribution in [0.5, 0.6) is 11.5 Å². The van der Waals surface area contributed by atoms with Gasteiger partial charge in [0.25, 0.3) is 5.91 Å². The normalized spacial score (nSPS) is 22.9. The smallest absolute Gasteiger partial charge is 0.255 e. The number of phenols is 2. The van der Waals surface area contributed by atoms with Crippen LogP contribution in [0.15, 0.2) is 18.2 Å². The fourth-order valence-electron chi connectivity index (χ4n) is 2.25. The molecular formula is C13H16BrNO3. The van der Waals surface area contributed by atoms with E-state index in [-0.39, 0.29) is 23.0 Å². The number of carbonyl (C=O) groups is 1. The van der Waals surface area contributed by atoms with Crippen LogP contribution in [0.25, 0.3) is 0 Å². The van der Waals surface area contributed by atoms with E-state index in [1.54, 1.807) is 0 Å². The Morgan fingerprint density at radius 2 is 2.17 bits per heavy atom. The van der Waals surface area contributed by atoms with Crippen LogP contribution in [0.3, 0.4) is 0 Å². The van der Waals surface area contributed by atoms with Crippen molar-refractivity contribution >= 4 is 21.8 Å². The summed E-state index contributed by atoms with van der Waals surface area (Å²) in [5, 5.41) is 21.7. The molecule has 5 heteroatoms. The highest BCUT2D eigenvalue weighted by molar-refractivity contribution is 9.09. The Balaban J connectivity index is 1.94. The Bertz CT molecular complexity index is 450. The van der Waals surface area contributed by atoms with Gasteiger partial charge in [-0.05, 0) is 37.3 Å². The quantitative estimate of drug-likeness (QED) is 0.593. The predicted molar refractivity (Wildman–Crippen MR) is 72.2 cm³/mol. The fourth-order valence-corrected chi connectivity index (χ4v) is 3.04. The second kappa shape index (κ2) is 5.61. The summed E-state index contributed by atoms with van der Waals surface area (Å²) in [6.45, 7) is 0.607. The van der Waals surface area contributed by atoms with Crippen LogP contribution in [0, 0.1) is 5.92 Å². The van der Waals surface area contributed by atoms with Gasteiger partial charge in [-0.15, -0.1) is 0 Å². The minimum Gasteiger partial charge on any atom is -0.504 e. The van der Waals surface area contributed by atoms with Gasteiger partial charge in [-0.2, -0.15) is 0 Å². The summed E-state index contributed by atoms with van der Waals surface area (Å²) >= 11 is 3.57. The van der Waals surface area contributed by atoms with Crippen molar-refractivity contribution in [3.8, 4) is 11.5 Å². The lowest BCUT2D eigenvalue weighted by Crippen LogP contribution is -2.28. The van der Waals surface area contributed by atoms with E-state index in [1.165, 1.54) is 18.2 Å². The highest BCUT2D eigenvalue weighted by Gasteiger charge is 2.23. The lowest BCUT2D eigenvalue weighted by Gasteiger charge is -2.11. The highest BCUT2D eigenvalue weighted by atomic mass is 79.9. The van der Waals surface area contributed by atoms with Crippen molar-refractivity contribution < 1.29 is 15.0 Å². The number of hydrogen-bond acceptors (Lipinski definition) is 3.